The van der Waals surface area contributed by atoms with E-state index in [4.69, 9.17) is 5.73 Å². The van der Waals surface area contributed by atoms with Crippen LogP contribution in [0.3, 0.4) is 0 Å². The van der Waals surface area contributed by atoms with Crippen LogP contribution in [0.4, 0.5) is 15.0 Å². The number of hydrogen-bond acceptors (Lipinski definition) is 5. The van der Waals surface area contributed by atoms with Crippen molar-refractivity contribution in [3.05, 3.63) is 41.8 Å². The van der Waals surface area contributed by atoms with E-state index in [0.717, 1.165) is 21.3 Å². The number of nitrogens with zero attached hydrogens (tertiary/aromatic N) is 2. The first-order valence-electron chi connectivity index (χ1n) is 6.90. The van der Waals surface area contributed by atoms with Crippen LogP contribution in [0.5, 0.6) is 0 Å². The normalized spacial score (nSPS) is 10.7. The minimum absolute atomic E-state index is 0.277. The Morgan fingerprint density at radius 3 is 2.74 bits per heavy atom. The maximum atomic E-state index is 13.1. The maximum Gasteiger partial charge on any atom is 0.312 e. The summed E-state index contributed by atoms with van der Waals surface area (Å²) in [6.07, 6.45) is 1.48. The third-order valence-electron chi connectivity index (χ3n) is 3.24. The van der Waals surface area contributed by atoms with Gasteiger partial charge in [0.2, 0.25) is 0 Å². The number of halogens is 1. The van der Waals surface area contributed by atoms with Crippen molar-refractivity contribution in [2.75, 3.05) is 18.4 Å². The predicted molar refractivity (Wildman–Crippen MR) is 88.9 cm³/mol. The number of urea groups is 1. The lowest BCUT2D eigenvalue weighted by atomic mass is 10.1. The molecule has 0 spiro atoms. The van der Waals surface area contributed by atoms with Crippen LogP contribution in [0.25, 0.3) is 21.3 Å². The molecule has 23 heavy (non-hydrogen) atoms. The van der Waals surface area contributed by atoms with Gasteiger partial charge in [-0.3, -0.25) is 0 Å². The SMILES string of the molecule is NC(=O)NCCNc1ncnc2scc(-c3ccc(F)cc3)c12. The lowest BCUT2D eigenvalue weighted by molar-refractivity contribution is 0.249. The van der Waals surface area contributed by atoms with Gasteiger partial charge in [0.15, 0.2) is 0 Å². The Labute approximate surface area is 135 Å². The second-order valence-electron chi connectivity index (χ2n) is 4.78. The molecule has 0 unspecified atom stereocenters. The summed E-state index contributed by atoms with van der Waals surface area (Å²) in [4.78, 5) is 20.0. The van der Waals surface area contributed by atoms with Crippen molar-refractivity contribution in [2.45, 2.75) is 0 Å². The number of primary amides is 1. The molecule has 0 fully saturated rings. The molecule has 0 saturated carbocycles. The monoisotopic (exact) mass is 331 g/mol. The summed E-state index contributed by atoms with van der Waals surface area (Å²) in [5.74, 6) is 0.391. The Morgan fingerprint density at radius 1 is 1.22 bits per heavy atom. The Kier molecular flexibility index (Phi) is 4.33. The first-order valence-corrected chi connectivity index (χ1v) is 7.78. The van der Waals surface area contributed by atoms with Crippen molar-refractivity contribution in [1.29, 1.82) is 0 Å². The van der Waals surface area contributed by atoms with Gasteiger partial charge in [-0.15, -0.1) is 11.3 Å². The Balaban J connectivity index is 1.91. The van der Waals surface area contributed by atoms with E-state index < -0.39 is 6.03 Å². The van der Waals surface area contributed by atoms with Gasteiger partial charge in [0.25, 0.3) is 0 Å². The molecule has 0 aliphatic rings. The predicted octanol–water partition coefficient (Wildman–Crippen LogP) is 2.58. The molecule has 2 amide bonds. The molecule has 2 aromatic heterocycles. The first-order chi connectivity index (χ1) is 11.1. The van der Waals surface area contributed by atoms with Gasteiger partial charge in [0.05, 0.1) is 5.39 Å². The summed E-state index contributed by atoms with van der Waals surface area (Å²) < 4.78 is 13.1. The van der Waals surface area contributed by atoms with Crippen molar-refractivity contribution in [3.63, 3.8) is 0 Å². The van der Waals surface area contributed by atoms with Crippen molar-refractivity contribution in [1.82, 2.24) is 15.3 Å². The van der Waals surface area contributed by atoms with Gasteiger partial charge in [0, 0.05) is 24.0 Å². The van der Waals surface area contributed by atoms with E-state index in [1.807, 2.05) is 5.38 Å². The molecule has 118 valence electrons. The number of aromatic nitrogens is 2. The minimum Gasteiger partial charge on any atom is -0.368 e. The molecule has 0 bridgehead atoms. The number of anilines is 1. The van der Waals surface area contributed by atoms with Crippen LogP contribution in [0.15, 0.2) is 36.0 Å². The molecule has 3 aromatic rings. The van der Waals surface area contributed by atoms with E-state index in [-0.39, 0.29) is 5.82 Å². The number of hydrogen-bond donors (Lipinski definition) is 3. The fourth-order valence-corrected chi connectivity index (χ4v) is 3.13. The number of thiophene rings is 1. The molecule has 8 heteroatoms. The zero-order valence-corrected chi connectivity index (χ0v) is 12.9. The summed E-state index contributed by atoms with van der Waals surface area (Å²) in [5, 5.41) is 8.52. The maximum absolute atomic E-state index is 13.1. The van der Waals surface area contributed by atoms with Crippen molar-refractivity contribution in [2.24, 2.45) is 5.73 Å². The second-order valence-corrected chi connectivity index (χ2v) is 5.63. The van der Waals surface area contributed by atoms with Crippen molar-refractivity contribution in [3.8, 4) is 11.1 Å². The third-order valence-corrected chi connectivity index (χ3v) is 4.13. The van der Waals surface area contributed by atoms with Gasteiger partial charge in [-0.2, -0.15) is 0 Å². The van der Waals surface area contributed by atoms with Gasteiger partial charge >= 0.3 is 6.03 Å². The highest BCUT2D eigenvalue weighted by Crippen LogP contribution is 2.36. The smallest absolute Gasteiger partial charge is 0.312 e. The summed E-state index contributed by atoms with van der Waals surface area (Å²) in [7, 11) is 0. The lowest BCUT2D eigenvalue weighted by Crippen LogP contribution is -2.33. The number of carbonyl (C=O) groups excluding carboxylic acids is 1. The number of amides is 2. The van der Waals surface area contributed by atoms with Crippen LogP contribution in [-0.2, 0) is 0 Å². The average Bonchev–Trinajstić information content (AvgIpc) is 2.97. The van der Waals surface area contributed by atoms with Gasteiger partial charge in [-0.1, -0.05) is 12.1 Å². The second kappa shape index (κ2) is 6.57. The van der Waals surface area contributed by atoms with Gasteiger partial charge in [0.1, 0.15) is 22.8 Å². The summed E-state index contributed by atoms with van der Waals surface area (Å²) in [6, 6.07) is 5.73. The van der Waals surface area contributed by atoms with E-state index in [9.17, 15) is 9.18 Å². The van der Waals surface area contributed by atoms with Crippen molar-refractivity contribution < 1.29 is 9.18 Å². The summed E-state index contributed by atoms with van der Waals surface area (Å²) >= 11 is 1.50. The van der Waals surface area contributed by atoms with Crippen LogP contribution in [-0.4, -0.2) is 29.1 Å². The molecule has 3 rings (SSSR count). The van der Waals surface area contributed by atoms with Crippen LogP contribution >= 0.6 is 11.3 Å². The van der Waals surface area contributed by atoms with E-state index in [2.05, 4.69) is 20.6 Å². The van der Waals surface area contributed by atoms with E-state index >= 15 is 0 Å². The highest BCUT2D eigenvalue weighted by molar-refractivity contribution is 7.17. The average molecular weight is 331 g/mol. The Morgan fingerprint density at radius 2 is 2.00 bits per heavy atom. The summed E-state index contributed by atoms with van der Waals surface area (Å²) in [5.41, 5.74) is 6.86. The summed E-state index contributed by atoms with van der Waals surface area (Å²) in [6.45, 7) is 0.866. The Hall–Kier alpha value is -2.74. The first kappa shape index (κ1) is 15.2. The molecule has 0 aliphatic heterocycles. The van der Waals surface area contributed by atoms with Crippen LogP contribution in [0.1, 0.15) is 0 Å². The minimum atomic E-state index is -0.567. The third kappa shape index (κ3) is 3.37. The molecule has 2 heterocycles. The molecule has 0 aliphatic carbocycles. The largest absolute Gasteiger partial charge is 0.368 e. The zero-order chi connectivity index (χ0) is 16.2. The molecular weight excluding hydrogens is 317 g/mol. The highest BCUT2D eigenvalue weighted by Gasteiger charge is 2.12. The molecule has 1 aromatic carbocycles. The van der Waals surface area contributed by atoms with Gasteiger partial charge < -0.3 is 16.4 Å². The van der Waals surface area contributed by atoms with Gasteiger partial charge in [-0.05, 0) is 17.7 Å². The van der Waals surface area contributed by atoms with Crippen LogP contribution in [0, 0.1) is 5.82 Å². The fraction of sp³-hybridized carbons (Fsp3) is 0.133. The quantitative estimate of drug-likeness (QED) is 0.627. The number of benzene rings is 1. The van der Waals surface area contributed by atoms with Crippen LogP contribution < -0.4 is 16.4 Å². The van der Waals surface area contributed by atoms with E-state index in [1.165, 1.54) is 29.8 Å². The lowest BCUT2D eigenvalue weighted by Gasteiger charge is -2.08. The highest BCUT2D eigenvalue weighted by atomic mass is 32.1. The molecule has 6 nitrogen and oxygen atoms in total. The zero-order valence-electron chi connectivity index (χ0n) is 12.0. The van der Waals surface area contributed by atoms with Crippen LogP contribution in [0.2, 0.25) is 0 Å². The number of nitrogens with two attached hydrogens (primary N) is 1. The topological polar surface area (TPSA) is 92.9 Å². The molecule has 4 N–H and O–H groups in total. The molecule has 0 saturated heterocycles. The standard InChI is InChI=1S/C15H14FN5OS/c16-10-3-1-9(2-4-10)11-7-23-14-12(11)13(20-8-21-14)18-5-6-19-15(17)22/h1-4,7-8H,5-6H2,(H3,17,19,22)(H,18,20,21). The Bertz CT molecular complexity index is 834. The van der Waals surface area contributed by atoms with E-state index in [1.54, 1.807) is 12.1 Å². The van der Waals surface area contributed by atoms with Crippen molar-refractivity contribution >= 4 is 33.4 Å². The molecule has 0 radical (unpaired) electrons. The number of carbonyl (C=O) groups is 1. The molecular formula is C15H14FN5OS. The van der Waals surface area contributed by atoms with E-state index in [0.29, 0.717) is 18.9 Å². The molecule has 0 atom stereocenters. The number of rotatable bonds is 5. The number of fused-ring (bicyclic) bond motifs is 1. The number of nitrogens with one attached hydrogen (secondary N) is 2. The van der Waals surface area contributed by atoms with Gasteiger partial charge in [-0.25, -0.2) is 19.2 Å². The fourth-order valence-electron chi connectivity index (χ4n) is 2.22.